The van der Waals surface area contributed by atoms with E-state index >= 15 is 0 Å². The number of anilines is 1. The Morgan fingerprint density at radius 2 is 2.00 bits per heavy atom. The lowest BCUT2D eigenvalue weighted by atomic mass is 9.82. The van der Waals surface area contributed by atoms with Gasteiger partial charge < -0.3 is 26.0 Å². The minimum atomic E-state index is -1.05. The van der Waals surface area contributed by atoms with E-state index in [0.29, 0.717) is 5.69 Å². The number of aromatic carboxylic acids is 1. The monoisotopic (exact) mass is 305 g/mol. The Bertz CT molecular complexity index is 571. The molecule has 1 fully saturated rings. The molecule has 0 bridgehead atoms. The first-order chi connectivity index (χ1) is 10.4. The number of hydrogen-bond donors (Lipinski definition) is 4. The Morgan fingerprint density at radius 3 is 2.50 bits per heavy atom. The van der Waals surface area contributed by atoms with Crippen molar-refractivity contribution in [2.24, 2.45) is 5.73 Å². The standard InChI is InChI=1S/C14H20BN3O4/c1-15(22)18-6-4-10(5-7-18)17-12-8-9(14(20)21)2-3-11(12)13(16)19/h2-3,8,10,17,22H,4-7H2,1H3,(H2,16,19)(H,20,21). The SMILES string of the molecule is CB(O)N1CCC(Nc2cc(C(=O)O)ccc2C(N)=O)CC1. The van der Waals surface area contributed by atoms with Crippen molar-refractivity contribution in [2.45, 2.75) is 25.7 Å². The molecule has 1 aliphatic rings. The fourth-order valence-corrected chi connectivity index (χ4v) is 2.65. The minimum absolute atomic E-state index is 0.105. The second-order valence-corrected chi connectivity index (χ2v) is 5.52. The van der Waals surface area contributed by atoms with Crippen molar-refractivity contribution in [1.82, 2.24) is 4.81 Å². The number of amides is 1. The van der Waals surface area contributed by atoms with Crippen LogP contribution in [0.25, 0.3) is 0 Å². The zero-order chi connectivity index (χ0) is 16.3. The molecule has 0 saturated carbocycles. The van der Waals surface area contributed by atoms with Crippen molar-refractivity contribution in [3.05, 3.63) is 29.3 Å². The maximum absolute atomic E-state index is 11.5. The molecule has 0 spiro atoms. The van der Waals surface area contributed by atoms with E-state index < -0.39 is 18.9 Å². The third-order valence-electron chi connectivity index (χ3n) is 3.95. The maximum Gasteiger partial charge on any atom is 0.376 e. The fourth-order valence-electron chi connectivity index (χ4n) is 2.65. The molecular formula is C14H20BN3O4. The number of carboxylic acids is 1. The highest BCUT2D eigenvalue weighted by atomic mass is 16.4. The van der Waals surface area contributed by atoms with Crippen molar-refractivity contribution in [1.29, 1.82) is 0 Å². The molecule has 0 unspecified atom stereocenters. The maximum atomic E-state index is 11.5. The Hall–Kier alpha value is -2.06. The number of piperidine rings is 1. The molecular weight excluding hydrogens is 285 g/mol. The molecule has 22 heavy (non-hydrogen) atoms. The van der Waals surface area contributed by atoms with E-state index in [0.717, 1.165) is 25.9 Å². The van der Waals surface area contributed by atoms with Gasteiger partial charge in [-0.15, -0.1) is 0 Å². The van der Waals surface area contributed by atoms with Crippen LogP contribution in [0.2, 0.25) is 6.82 Å². The van der Waals surface area contributed by atoms with Crippen LogP contribution in [-0.4, -0.2) is 53.0 Å². The normalized spacial score (nSPS) is 16.3. The average molecular weight is 305 g/mol. The molecule has 1 amide bonds. The second-order valence-electron chi connectivity index (χ2n) is 5.52. The van der Waals surface area contributed by atoms with Crippen molar-refractivity contribution < 1.29 is 19.7 Å². The van der Waals surface area contributed by atoms with Gasteiger partial charge in [0.05, 0.1) is 11.1 Å². The van der Waals surface area contributed by atoms with E-state index in [1.165, 1.54) is 18.2 Å². The molecule has 1 aliphatic heterocycles. The quantitative estimate of drug-likeness (QED) is 0.588. The number of nitrogens with zero attached hydrogens (tertiary/aromatic N) is 1. The summed E-state index contributed by atoms with van der Waals surface area (Å²) in [5, 5.41) is 21.8. The van der Waals surface area contributed by atoms with E-state index in [1.807, 2.05) is 4.81 Å². The van der Waals surface area contributed by atoms with Crippen LogP contribution < -0.4 is 11.1 Å². The van der Waals surface area contributed by atoms with Crippen LogP contribution >= 0.6 is 0 Å². The van der Waals surface area contributed by atoms with Crippen molar-refractivity contribution in [3.63, 3.8) is 0 Å². The summed E-state index contributed by atoms with van der Waals surface area (Å²) in [6.07, 6.45) is 1.58. The molecule has 7 nitrogen and oxygen atoms in total. The number of hydrogen-bond acceptors (Lipinski definition) is 5. The van der Waals surface area contributed by atoms with Gasteiger partial charge in [0.15, 0.2) is 0 Å². The molecule has 1 heterocycles. The number of nitrogens with two attached hydrogens (primary N) is 1. The lowest BCUT2D eigenvalue weighted by Gasteiger charge is -2.33. The van der Waals surface area contributed by atoms with Crippen LogP contribution in [-0.2, 0) is 0 Å². The van der Waals surface area contributed by atoms with Gasteiger partial charge in [-0.1, -0.05) is 0 Å². The summed E-state index contributed by atoms with van der Waals surface area (Å²) in [6.45, 7) is 3.20. The highest BCUT2D eigenvalue weighted by Crippen LogP contribution is 2.22. The first-order valence-corrected chi connectivity index (χ1v) is 7.24. The largest absolute Gasteiger partial charge is 0.478 e. The molecule has 0 aromatic heterocycles. The molecule has 1 aromatic rings. The molecule has 0 radical (unpaired) electrons. The van der Waals surface area contributed by atoms with Gasteiger partial charge in [-0.25, -0.2) is 4.79 Å². The third-order valence-corrected chi connectivity index (χ3v) is 3.95. The van der Waals surface area contributed by atoms with Crippen molar-refractivity contribution >= 4 is 24.6 Å². The lowest BCUT2D eigenvalue weighted by molar-refractivity contribution is 0.0696. The van der Waals surface area contributed by atoms with Crippen LogP contribution in [0.15, 0.2) is 18.2 Å². The number of primary amides is 1. The van der Waals surface area contributed by atoms with Crippen LogP contribution in [0.4, 0.5) is 5.69 Å². The van der Waals surface area contributed by atoms with Crippen LogP contribution in [0, 0.1) is 0 Å². The van der Waals surface area contributed by atoms with Crippen LogP contribution in [0.5, 0.6) is 0 Å². The summed E-state index contributed by atoms with van der Waals surface area (Å²) in [4.78, 5) is 24.5. The number of nitrogens with one attached hydrogen (secondary N) is 1. The predicted octanol–water partition coefficient (Wildman–Crippen LogP) is 0.470. The van der Waals surface area contributed by atoms with Crippen molar-refractivity contribution in [3.8, 4) is 0 Å². The van der Waals surface area contributed by atoms with Crippen LogP contribution in [0.3, 0.4) is 0 Å². The Labute approximate surface area is 129 Å². The summed E-state index contributed by atoms with van der Waals surface area (Å²) in [5.74, 6) is -1.65. The van der Waals surface area contributed by atoms with Gasteiger partial charge in [-0.2, -0.15) is 0 Å². The van der Waals surface area contributed by atoms with Gasteiger partial charge in [-0.05, 0) is 51.0 Å². The Kier molecular flexibility index (Phi) is 5.05. The van der Waals surface area contributed by atoms with Gasteiger partial charge in [0, 0.05) is 11.7 Å². The number of carboxylic acid groups (broad SMARTS) is 1. The van der Waals surface area contributed by atoms with Crippen molar-refractivity contribution in [2.75, 3.05) is 18.4 Å². The zero-order valence-corrected chi connectivity index (χ0v) is 12.5. The molecule has 1 saturated heterocycles. The predicted molar refractivity (Wildman–Crippen MR) is 84.0 cm³/mol. The highest BCUT2D eigenvalue weighted by Gasteiger charge is 2.24. The summed E-state index contributed by atoms with van der Waals surface area (Å²) in [7, 11) is -0.475. The molecule has 0 aliphatic carbocycles. The van der Waals surface area contributed by atoms with E-state index in [1.54, 1.807) is 6.82 Å². The topological polar surface area (TPSA) is 116 Å². The molecule has 1 aromatic carbocycles. The fraction of sp³-hybridized carbons (Fsp3) is 0.429. The summed E-state index contributed by atoms with van der Waals surface area (Å²) < 4.78 is 0. The highest BCUT2D eigenvalue weighted by molar-refractivity contribution is 6.45. The Balaban J connectivity index is 2.13. The molecule has 2 rings (SSSR count). The number of rotatable bonds is 5. The van der Waals surface area contributed by atoms with Crippen LogP contribution in [0.1, 0.15) is 33.6 Å². The summed E-state index contributed by atoms with van der Waals surface area (Å²) >= 11 is 0. The van der Waals surface area contributed by atoms with Gasteiger partial charge in [0.2, 0.25) is 0 Å². The van der Waals surface area contributed by atoms with E-state index in [-0.39, 0.29) is 17.2 Å². The number of carbonyl (C=O) groups excluding carboxylic acids is 1. The molecule has 0 atom stereocenters. The summed E-state index contributed by atoms with van der Waals surface area (Å²) in [6, 6.07) is 4.34. The van der Waals surface area contributed by atoms with E-state index in [2.05, 4.69) is 5.32 Å². The Morgan fingerprint density at radius 1 is 1.36 bits per heavy atom. The second kappa shape index (κ2) is 6.80. The molecule has 118 valence electrons. The van der Waals surface area contributed by atoms with Gasteiger partial charge in [0.25, 0.3) is 5.91 Å². The first-order valence-electron chi connectivity index (χ1n) is 7.24. The zero-order valence-electron chi connectivity index (χ0n) is 12.5. The third kappa shape index (κ3) is 3.77. The molecule has 5 N–H and O–H groups in total. The first kappa shape index (κ1) is 16.3. The summed E-state index contributed by atoms with van der Waals surface area (Å²) in [5.41, 5.74) is 6.17. The number of benzene rings is 1. The lowest BCUT2D eigenvalue weighted by Crippen LogP contribution is -2.46. The van der Waals surface area contributed by atoms with E-state index in [4.69, 9.17) is 10.8 Å². The van der Waals surface area contributed by atoms with Gasteiger partial charge >= 0.3 is 13.0 Å². The molecule has 8 heteroatoms. The minimum Gasteiger partial charge on any atom is -0.478 e. The average Bonchev–Trinajstić information content (AvgIpc) is 2.47. The van der Waals surface area contributed by atoms with Gasteiger partial charge in [0.1, 0.15) is 0 Å². The van der Waals surface area contributed by atoms with E-state index in [9.17, 15) is 14.6 Å². The number of carbonyl (C=O) groups is 2. The smallest absolute Gasteiger partial charge is 0.376 e. The van der Waals surface area contributed by atoms with Gasteiger partial charge in [-0.3, -0.25) is 4.79 Å².